The molecule has 5 nitrogen and oxygen atoms in total. The molecule has 1 amide bonds. The maximum atomic E-state index is 12.3. The van der Waals surface area contributed by atoms with Crippen molar-refractivity contribution in [2.75, 3.05) is 6.54 Å². The maximum Gasteiger partial charge on any atom is 0.251 e. The topological polar surface area (TPSA) is 67.2 Å². The third kappa shape index (κ3) is 3.01. The Hall–Kier alpha value is -2.70. The number of aliphatic hydroxyl groups is 1. The summed E-state index contributed by atoms with van der Waals surface area (Å²) in [4.78, 5) is 16.5. The van der Waals surface area contributed by atoms with Gasteiger partial charge in [-0.25, -0.2) is 4.98 Å². The summed E-state index contributed by atoms with van der Waals surface area (Å²) in [6, 6.07) is 13.2. The molecule has 0 spiro atoms. The molecule has 0 bridgehead atoms. The number of nitrogens with zero attached hydrogens (tertiary/aromatic N) is 2. The Labute approximate surface area is 148 Å². The number of amides is 1. The van der Waals surface area contributed by atoms with Crippen molar-refractivity contribution in [3.63, 3.8) is 0 Å². The summed E-state index contributed by atoms with van der Waals surface area (Å²) in [6.07, 6.45) is 1.23. The summed E-state index contributed by atoms with van der Waals surface area (Å²) in [5.41, 5.74) is 5.12. The van der Waals surface area contributed by atoms with Crippen LogP contribution in [-0.2, 0) is 7.05 Å². The van der Waals surface area contributed by atoms with Crippen LogP contribution < -0.4 is 5.32 Å². The highest BCUT2D eigenvalue weighted by atomic mass is 32.1. The van der Waals surface area contributed by atoms with Crippen molar-refractivity contribution in [1.82, 2.24) is 14.9 Å². The number of hydrogen-bond acceptors (Lipinski definition) is 4. The minimum atomic E-state index is -0.749. The monoisotopic (exact) mass is 351 g/mol. The molecule has 2 heterocycles. The predicted molar refractivity (Wildman–Crippen MR) is 99.8 cm³/mol. The van der Waals surface area contributed by atoms with Gasteiger partial charge in [0.05, 0.1) is 21.8 Å². The molecule has 4 rings (SSSR count). The van der Waals surface area contributed by atoms with Gasteiger partial charge >= 0.3 is 0 Å². The fourth-order valence-corrected chi connectivity index (χ4v) is 3.63. The van der Waals surface area contributed by atoms with Crippen LogP contribution in [-0.4, -0.2) is 27.1 Å². The number of fused-ring (bicyclic) bond motifs is 2. The number of carbonyl (C=O) groups excluding carboxylic acids is 1. The van der Waals surface area contributed by atoms with Gasteiger partial charge in [0, 0.05) is 30.9 Å². The molecular weight excluding hydrogens is 334 g/mol. The second kappa shape index (κ2) is 6.31. The number of aliphatic hydroxyl groups excluding tert-OH is 1. The van der Waals surface area contributed by atoms with Gasteiger partial charge in [-0.2, -0.15) is 0 Å². The van der Waals surface area contributed by atoms with Gasteiger partial charge in [-0.3, -0.25) is 4.79 Å². The molecule has 0 aliphatic heterocycles. The summed E-state index contributed by atoms with van der Waals surface area (Å²) in [6.45, 7) is 0.165. The Balaban J connectivity index is 1.46. The first kappa shape index (κ1) is 15.8. The lowest BCUT2D eigenvalue weighted by Gasteiger charge is -2.13. The number of rotatable bonds is 4. The molecule has 2 aromatic heterocycles. The summed E-state index contributed by atoms with van der Waals surface area (Å²) >= 11 is 1.50. The number of aryl methyl sites for hydroxylation is 1. The highest BCUT2D eigenvalue weighted by Crippen LogP contribution is 2.21. The van der Waals surface area contributed by atoms with Gasteiger partial charge in [0.2, 0.25) is 0 Å². The first-order chi connectivity index (χ1) is 12.1. The average molecular weight is 351 g/mol. The number of benzene rings is 2. The van der Waals surface area contributed by atoms with Crippen molar-refractivity contribution in [1.29, 1.82) is 0 Å². The molecule has 0 aliphatic carbocycles. The zero-order chi connectivity index (χ0) is 17.4. The lowest BCUT2D eigenvalue weighted by Crippen LogP contribution is -2.28. The molecule has 0 radical (unpaired) electrons. The number of hydrogen-bond donors (Lipinski definition) is 2. The van der Waals surface area contributed by atoms with E-state index in [9.17, 15) is 9.90 Å². The summed E-state index contributed by atoms with van der Waals surface area (Å²) in [5, 5.41) is 14.3. The van der Waals surface area contributed by atoms with Crippen LogP contribution in [0.4, 0.5) is 0 Å². The first-order valence-corrected chi connectivity index (χ1v) is 8.84. The zero-order valence-electron chi connectivity index (χ0n) is 13.6. The van der Waals surface area contributed by atoms with Crippen LogP contribution in [0.3, 0.4) is 0 Å². The third-order valence-corrected chi connectivity index (χ3v) is 5.14. The van der Waals surface area contributed by atoms with Crippen molar-refractivity contribution in [2.24, 2.45) is 7.05 Å². The van der Waals surface area contributed by atoms with Crippen molar-refractivity contribution in [3.05, 3.63) is 65.3 Å². The van der Waals surface area contributed by atoms with Crippen molar-refractivity contribution < 1.29 is 9.90 Å². The number of aromatic nitrogens is 2. The van der Waals surface area contributed by atoms with E-state index in [4.69, 9.17) is 0 Å². The van der Waals surface area contributed by atoms with Crippen LogP contribution in [0, 0.1) is 0 Å². The van der Waals surface area contributed by atoms with Gasteiger partial charge in [-0.15, -0.1) is 11.3 Å². The van der Waals surface area contributed by atoms with Gasteiger partial charge in [0.25, 0.3) is 5.91 Å². The van der Waals surface area contributed by atoms with E-state index in [-0.39, 0.29) is 12.5 Å². The molecule has 0 fully saturated rings. The predicted octanol–water partition coefficient (Wildman–Crippen LogP) is 3.25. The second-order valence-corrected chi connectivity index (χ2v) is 6.89. The first-order valence-electron chi connectivity index (χ1n) is 7.96. The Kier molecular flexibility index (Phi) is 3.99. The van der Waals surface area contributed by atoms with Crippen LogP contribution in [0.1, 0.15) is 22.0 Å². The van der Waals surface area contributed by atoms with Gasteiger partial charge < -0.3 is 15.0 Å². The molecule has 2 aromatic carbocycles. The van der Waals surface area contributed by atoms with E-state index in [1.165, 1.54) is 11.3 Å². The number of nitrogens with one attached hydrogen (secondary N) is 1. The van der Waals surface area contributed by atoms with E-state index in [1.807, 2.05) is 54.2 Å². The lowest BCUT2D eigenvalue weighted by molar-refractivity contribution is 0.0916. The Bertz CT molecular complexity index is 1070. The Morgan fingerprint density at radius 1 is 1.28 bits per heavy atom. The molecule has 0 saturated carbocycles. The molecule has 4 aromatic rings. The summed E-state index contributed by atoms with van der Waals surface area (Å²) in [5.74, 6) is -0.199. The lowest BCUT2D eigenvalue weighted by atomic mass is 10.1. The molecule has 1 atom stereocenters. The van der Waals surface area contributed by atoms with E-state index in [0.29, 0.717) is 5.56 Å². The van der Waals surface area contributed by atoms with Crippen molar-refractivity contribution in [2.45, 2.75) is 6.10 Å². The Morgan fingerprint density at radius 3 is 3.04 bits per heavy atom. The summed E-state index contributed by atoms with van der Waals surface area (Å²) < 4.78 is 3.01. The smallest absolute Gasteiger partial charge is 0.251 e. The van der Waals surface area contributed by atoms with E-state index in [1.54, 1.807) is 11.6 Å². The molecule has 25 heavy (non-hydrogen) atoms. The molecule has 1 unspecified atom stereocenters. The van der Waals surface area contributed by atoms with Crippen molar-refractivity contribution in [3.8, 4) is 0 Å². The molecule has 126 valence electrons. The third-order valence-electron chi connectivity index (χ3n) is 4.34. The molecule has 0 aliphatic rings. The quantitative estimate of drug-likeness (QED) is 0.593. The van der Waals surface area contributed by atoms with E-state index >= 15 is 0 Å². The Morgan fingerprint density at radius 2 is 2.16 bits per heavy atom. The van der Waals surface area contributed by atoms with E-state index in [2.05, 4.69) is 10.3 Å². The molecule has 0 saturated heterocycles. The van der Waals surface area contributed by atoms with Crippen LogP contribution in [0.25, 0.3) is 21.1 Å². The van der Waals surface area contributed by atoms with Gasteiger partial charge in [-0.05, 0) is 47.3 Å². The highest BCUT2D eigenvalue weighted by molar-refractivity contribution is 7.16. The largest absolute Gasteiger partial charge is 0.387 e. The maximum absolute atomic E-state index is 12.3. The van der Waals surface area contributed by atoms with Crippen LogP contribution >= 0.6 is 11.3 Å². The standard InChI is InChI=1S/C19H17N3O2S/c1-22-7-6-12-8-13(3-5-16(12)22)17(23)10-20-19(24)14-2-4-15-18(9-14)25-11-21-15/h2-9,11,17,23H,10H2,1H3,(H,20,24). The van der Waals surface area contributed by atoms with E-state index in [0.717, 1.165) is 26.7 Å². The fraction of sp³-hybridized carbons (Fsp3) is 0.158. The highest BCUT2D eigenvalue weighted by Gasteiger charge is 2.13. The van der Waals surface area contributed by atoms with Crippen LogP contribution in [0.15, 0.2) is 54.2 Å². The zero-order valence-corrected chi connectivity index (χ0v) is 14.5. The van der Waals surface area contributed by atoms with Gasteiger partial charge in [-0.1, -0.05) is 6.07 Å². The SMILES string of the molecule is Cn1ccc2cc(C(O)CNC(=O)c3ccc4ncsc4c3)ccc21. The van der Waals surface area contributed by atoms with Gasteiger partial charge in [0.1, 0.15) is 0 Å². The average Bonchev–Trinajstić information content (AvgIpc) is 3.25. The van der Waals surface area contributed by atoms with Crippen molar-refractivity contribution >= 4 is 38.4 Å². The van der Waals surface area contributed by atoms with Gasteiger partial charge in [0.15, 0.2) is 0 Å². The molecule has 6 heteroatoms. The minimum Gasteiger partial charge on any atom is -0.387 e. The number of carbonyl (C=O) groups is 1. The minimum absolute atomic E-state index is 0.165. The fourth-order valence-electron chi connectivity index (χ4n) is 2.91. The second-order valence-electron chi connectivity index (χ2n) is 6.01. The molecular formula is C19H17N3O2S. The summed E-state index contributed by atoms with van der Waals surface area (Å²) in [7, 11) is 1.98. The van der Waals surface area contributed by atoms with Crippen LogP contribution in [0.2, 0.25) is 0 Å². The van der Waals surface area contributed by atoms with E-state index < -0.39 is 6.10 Å². The normalized spacial score (nSPS) is 12.6. The number of thiazole rings is 1. The molecule has 2 N–H and O–H groups in total. The van der Waals surface area contributed by atoms with Crippen LogP contribution in [0.5, 0.6) is 0 Å².